The smallest absolute Gasteiger partial charge is 0.316 e. The predicted octanol–water partition coefficient (Wildman–Crippen LogP) is 3.27. The summed E-state index contributed by atoms with van der Waals surface area (Å²) in [5, 5.41) is 0. The number of fused-ring (bicyclic) bond motifs is 5. The summed E-state index contributed by atoms with van der Waals surface area (Å²) in [6.07, 6.45) is 5.07. The van der Waals surface area contributed by atoms with Gasteiger partial charge in [-0.25, -0.2) is 4.90 Å². The van der Waals surface area contributed by atoms with Gasteiger partial charge in [-0.1, -0.05) is 30.4 Å². The van der Waals surface area contributed by atoms with Crippen LogP contribution in [0.3, 0.4) is 0 Å². The van der Waals surface area contributed by atoms with Crippen LogP contribution in [0.4, 0.5) is 11.4 Å². The average molecular weight is 456 g/mol. The number of aryl methyl sites for hydroxylation is 1. The summed E-state index contributed by atoms with van der Waals surface area (Å²) in [6.45, 7) is 2.20. The summed E-state index contributed by atoms with van der Waals surface area (Å²) >= 11 is 0. The van der Waals surface area contributed by atoms with Crippen LogP contribution in [0.1, 0.15) is 18.4 Å². The average Bonchev–Trinajstić information content (AvgIpc) is 3.57. The molecule has 5 atom stereocenters. The Bertz CT molecular complexity index is 1240. The Morgan fingerprint density at radius 3 is 2.29 bits per heavy atom. The van der Waals surface area contributed by atoms with Crippen LogP contribution in [0.2, 0.25) is 0 Å². The molecule has 0 N–H and O–H groups in total. The number of rotatable bonds is 4. The number of imide groups is 1. The first kappa shape index (κ1) is 20.8. The molecular formula is C27H24N2O5. The normalized spacial score (nSPS) is 29.3. The fraction of sp³-hybridized carbons (Fsp3) is 0.333. The van der Waals surface area contributed by atoms with Crippen LogP contribution in [-0.2, 0) is 19.2 Å². The monoisotopic (exact) mass is 456 g/mol. The van der Waals surface area contributed by atoms with Crippen molar-refractivity contribution in [1.29, 1.82) is 0 Å². The van der Waals surface area contributed by atoms with Crippen LogP contribution in [0, 0.1) is 36.5 Å². The summed E-state index contributed by atoms with van der Waals surface area (Å²) in [4.78, 5) is 54.4. The van der Waals surface area contributed by atoms with Gasteiger partial charge in [-0.15, -0.1) is 0 Å². The molecule has 172 valence electrons. The fourth-order valence-electron chi connectivity index (χ4n) is 5.95. The lowest BCUT2D eigenvalue weighted by atomic mass is 9.85. The molecule has 6 rings (SSSR count). The van der Waals surface area contributed by atoms with Crippen LogP contribution in [-0.4, -0.2) is 30.2 Å². The molecule has 1 saturated carbocycles. The summed E-state index contributed by atoms with van der Waals surface area (Å²) in [6, 6.07) is 14.1. The molecule has 3 amide bonds. The molecule has 0 unspecified atom stereocenters. The second-order valence-electron chi connectivity index (χ2n) is 9.67. The van der Waals surface area contributed by atoms with E-state index in [9.17, 15) is 19.2 Å². The van der Waals surface area contributed by atoms with Crippen molar-refractivity contribution in [2.45, 2.75) is 19.8 Å². The third-order valence-electron chi connectivity index (χ3n) is 7.54. The highest BCUT2D eigenvalue weighted by molar-refractivity contribution is 6.22. The van der Waals surface area contributed by atoms with Gasteiger partial charge in [0.05, 0.1) is 23.4 Å². The third kappa shape index (κ3) is 3.18. The molecule has 2 aromatic rings. The van der Waals surface area contributed by atoms with Crippen molar-refractivity contribution in [2.75, 3.05) is 16.3 Å². The van der Waals surface area contributed by atoms with Crippen molar-refractivity contribution < 1.29 is 23.9 Å². The Morgan fingerprint density at radius 1 is 0.912 bits per heavy atom. The van der Waals surface area contributed by atoms with E-state index in [4.69, 9.17) is 4.74 Å². The Morgan fingerprint density at radius 2 is 1.59 bits per heavy atom. The molecule has 2 bridgehead atoms. The zero-order chi connectivity index (χ0) is 23.6. The van der Waals surface area contributed by atoms with Crippen molar-refractivity contribution in [2.24, 2.45) is 29.6 Å². The van der Waals surface area contributed by atoms with Crippen LogP contribution in [0.15, 0.2) is 60.7 Å². The Hall–Kier alpha value is -3.74. The third-order valence-corrected chi connectivity index (χ3v) is 7.54. The molecule has 4 aliphatic rings. The molecule has 0 aromatic heterocycles. The van der Waals surface area contributed by atoms with Crippen molar-refractivity contribution in [3.63, 3.8) is 0 Å². The van der Waals surface area contributed by atoms with Gasteiger partial charge < -0.3 is 9.64 Å². The van der Waals surface area contributed by atoms with Gasteiger partial charge in [-0.05, 0) is 55.0 Å². The molecular weight excluding hydrogens is 432 g/mol. The number of carbonyl (C=O) groups excluding carboxylic acids is 4. The lowest BCUT2D eigenvalue weighted by molar-refractivity contribution is -0.139. The maximum absolute atomic E-state index is 13.1. The number of hydrogen-bond acceptors (Lipinski definition) is 5. The molecule has 7 heteroatoms. The van der Waals surface area contributed by atoms with Crippen LogP contribution >= 0.6 is 0 Å². The number of hydrogen-bond donors (Lipinski definition) is 0. The highest BCUT2D eigenvalue weighted by Gasteiger charge is 2.59. The van der Waals surface area contributed by atoms with E-state index in [1.165, 1.54) is 4.90 Å². The number of ether oxygens (including phenoxy) is 1. The van der Waals surface area contributed by atoms with Gasteiger partial charge in [0.25, 0.3) is 0 Å². The van der Waals surface area contributed by atoms with Crippen molar-refractivity contribution in [3.8, 4) is 5.75 Å². The first-order valence-electron chi connectivity index (χ1n) is 11.7. The summed E-state index contributed by atoms with van der Waals surface area (Å²) < 4.78 is 5.59. The van der Waals surface area contributed by atoms with Gasteiger partial charge in [0.1, 0.15) is 5.75 Å². The lowest BCUT2D eigenvalue weighted by Crippen LogP contribution is -2.32. The number of allylic oxidation sites excluding steroid dienone is 2. The van der Waals surface area contributed by atoms with E-state index in [-0.39, 0.29) is 60.1 Å². The topological polar surface area (TPSA) is 84.0 Å². The molecule has 7 nitrogen and oxygen atoms in total. The maximum Gasteiger partial charge on any atom is 0.316 e. The van der Waals surface area contributed by atoms with E-state index in [1.54, 1.807) is 29.2 Å². The van der Waals surface area contributed by atoms with Crippen LogP contribution < -0.4 is 14.5 Å². The molecule has 2 aliphatic carbocycles. The van der Waals surface area contributed by atoms with Gasteiger partial charge >= 0.3 is 5.97 Å². The first-order valence-corrected chi connectivity index (χ1v) is 11.7. The van der Waals surface area contributed by atoms with E-state index in [0.717, 1.165) is 17.7 Å². The highest BCUT2D eigenvalue weighted by Crippen LogP contribution is 2.53. The molecule has 34 heavy (non-hydrogen) atoms. The van der Waals surface area contributed by atoms with Gasteiger partial charge in [-0.2, -0.15) is 0 Å². The van der Waals surface area contributed by atoms with Gasteiger partial charge in [-0.3, -0.25) is 19.2 Å². The van der Waals surface area contributed by atoms with Crippen molar-refractivity contribution >= 4 is 35.1 Å². The van der Waals surface area contributed by atoms with E-state index >= 15 is 0 Å². The molecule has 3 fully saturated rings. The second-order valence-corrected chi connectivity index (χ2v) is 9.67. The van der Waals surface area contributed by atoms with Gasteiger partial charge in [0.15, 0.2) is 0 Å². The first-order chi connectivity index (χ1) is 16.4. The molecule has 2 saturated heterocycles. The summed E-state index contributed by atoms with van der Waals surface area (Å²) in [7, 11) is 0. The molecule has 2 aliphatic heterocycles. The Balaban J connectivity index is 1.17. The summed E-state index contributed by atoms with van der Waals surface area (Å²) in [5.41, 5.74) is 2.22. The number of nitrogens with zero attached hydrogens (tertiary/aromatic N) is 2. The molecule has 0 spiro atoms. The molecule has 2 heterocycles. The lowest BCUT2D eigenvalue weighted by Gasteiger charge is -2.18. The van der Waals surface area contributed by atoms with E-state index < -0.39 is 11.9 Å². The van der Waals surface area contributed by atoms with Crippen LogP contribution in [0.25, 0.3) is 0 Å². The number of carbonyl (C=O) groups is 4. The number of benzene rings is 2. The molecule has 0 radical (unpaired) electrons. The van der Waals surface area contributed by atoms with Gasteiger partial charge in [0, 0.05) is 24.7 Å². The standard InChI is InChI=1S/C27H24N2O5/c1-15-4-2-5-19(10-15)28-14-18(12-22(28)30)27(33)34-21-7-3-6-20(13-21)29-25(31)23-16-8-9-17(11-16)24(23)26(29)32/h2-10,13,16-18,23-24H,11-12,14H2,1H3/t16-,17-,18+,23-,24-/m0/s1. The number of anilines is 2. The maximum atomic E-state index is 13.1. The SMILES string of the molecule is Cc1cccc(N2C[C@H](C(=O)Oc3cccc(N4C(=O)[C@@H]5[C@@H](C4=O)[C@H]4C=C[C@H]5C4)c3)CC2=O)c1. The summed E-state index contributed by atoms with van der Waals surface area (Å²) in [5.74, 6) is -1.62. The number of amides is 3. The fourth-order valence-corrected chi connectivity index (χ4v) is 5.95. The van der Waals surface area contributed by atoms with E-state index in [2.05, 4.69) is 12.2 Å². The Kier molecular flexibility index (Phi) is 4.69. The van der Waals surface area contributed by atoms with Crippen molar-refractivity contribution in [3.05, 3.63) is 66.2 Å². The zero-order valence-corrected chi connectivity index (χ0v) is 18.7. The Labute approximate surface area is 197 Å². The zero-order valence-electron chi connectivity index (χ0n) is 18.7. The second kappa shape index (κ2) is 7.65. The molecule has 2 aromatic carbocycles. The van der Waals surface area contributed by atoms with E-state index in [0.29, 0.717) is 5.69 Å². The van der Waals surface area contributed by atoms with Gasteiger partial charge in [0.2, 0.25) is 17.7 Å². The van der Waals surface area contributed by atoms with Crippen molar-refractivity contribution in [1.82, 2.24) is 0 Å². The predicted molar refractivity (Wildman–Crippen MR) is 124 cm³/mol. The minimum absolute atomic E-state index is 0.0781. The van der Waals surface area contributed by atoms with Crippen LogP contribution in [0.5, 0.6) is 5.75 Å². The minimum atomic E-state index is -0.590. The largest absolute Gasteiger partial charge is 0.426 e. The minimum Gasteiger partial charge on any atom is -0.426 e. The number of esters is 1. The quantitative estimate of drug-likeness (QED) is 0.305. The highest BCUT2D eigenvalue weighted by atomic mass is 16.5. The van der Waals surface area contributed by atoms with E-state index in [1.807, 2.05) is 31.2 Å².